The molecule has 0 saturated carbocycles. The van der Waals surface area contributed by atoms with Crippen molar-refractivity contribution in [2.75, 3.05) is 20.4 Å². The number of carbonyl (C=O) groups is 4. The van der Waals surface area contributed by atoms with E-state index >= 15 is 0 Å². The Morgan fingerprint density at radius 3 is 2.36 bits per heavy atom. The van der Waals surface area contributed by atoms with E-state index < -0.39 is 24.8 Å². The number of hydrogen-bond acceptors (Lipinski definition) is 9. The van der Waals surface area contributed by atoms with E-state index in [0.717, 1.165) is 30.3 Å². The van der Waals surface area contributed by atoms with Gasteiger partial charge in [-0.2, -0.15) is 0 Å². The summed E-state index contributed by atoms with van der Waals surface area (Å²) in [6.07, 6.45) is 1.97. The summed E-state index contributed by atoms with van der Waals surface area (Å²) in [7, 11) is 1.30. The van der Waals surface area contributed by atoms with E-state index in [1.807, 2.05) is 24.3 Å². The number of rotatable bonds is 13. The van der Waals surface area contributed by atoms with Crippen molar-refractivity contribution in [1.29, 1.82) is 5.41 Å². The van der Waals surface area contributed by atoms with E-state index in [1.54, 1.807) is 36.4 Å². The normalized spacial score (nSPS) is 10.6. The third-order valence-corrected chi connectivity index (χ3v) is 6.90. The Kier molecular flexibility index (Phi) is 11.4. The van der Waals surface area contributed by atoms with E-state index in [4.69, 9.17) is 15.1 Å². The Labute approximate surface area is 260 Å². The summed E-state index contributed by atoms with van der Waals surface area (Å²) in [4.78, 5) is 51.8. The molecule has 1 aromatic heterocycles. The van der Waals surface area contributed by atoms with Crippen molar-refractivity contribution in [1.82, 2.24) is 20.2 Å². The molecule has 12 nitrogen and oxygen atoms in total. The first-order valence-corrected chi connectivity index (χ1v) is 14.4. The van der Waals surface area contributed by atoms with Crippen molar-refractivity contribution in [3.05, 3.63) is 89.5 Å². The number of imidazole rings is 1. The molecular weight excluding hydrogens is 578 g/mol. The van der Waals surface area contributed by atoms with Gasteiger partial charge in [0.05, 0.1) is 24.6 Å². The highest BCUT2D eigenvalue weighted by Crippen LogP contribution is 2.27. The van der Waals surface area contributed by atoms with Gasteiger partial charge in [-0.05, 0) is 43.0 Å². The Hall–Kier alpha value is -5.52. The minimum atomic E-state index is -0.923. The van der Waals surface area contributed by atoms with Crippen LogP contribution in [0.25, 0.3) is 22.4 Å². The third-order valence-electron chi connectivity index (χ3n) is 6.90. The minimum Gasteiger partial charge on any atom is -0.469 e. The zero-order valence-corrected chi connectivity index (χ0v) is 25.1. The van der Waals surface area contributed by atoms with Crippen LogP contribution in [0.3, 0.4) is 0 Å². The van der Waals surface area contributed by atoms with Crippen LogP contribution in [0.4, 0.5) is 4.79 Å². The first-order chi connectivity index (χ1) is 21.7. The number of nitrogens with one attached hydrogen (secondary N) is 3. The van der Waals surface area contributed by atoms with Crippen molar-refractivity contribution >= 4 is 40.8 Å². The number of unbranched alkanes of at least 4 members (excludes halogenated alkanes) is 1. The first kappa shape index (κ1) is 32.4. The summed E-state index contributed by atoms with van der Waals surface area (Å²) in [5.41, 5.74) is 4.42. The van der Waals surface area contributed by atoms with Gasteiger partial charge in [0.15, 0.2) is 0 Å². The average molecular weight is 614 g/mol. The van der Waals surface area contributed by atoms with Gasteiger partial charge in [0, 0.05) is 36.7 Å². The van der Waals surface area contributed by atoms with E-state index in [-0.39, 0.29) is 24.7 Å². The molecule has 3 N–H and O–H groups in total. The number of aromatic nitrogens is 2. The Balaban J connectivity index is 1.52. The fourth-order valence-electron chi connectivity index (χ4n) is 4.61. The van der Waals surface area contributed by atoms with Crippen molar-refractivity contribution < 1.29 is 33.4 Å². The highest BCUT2D eigenvalue weighted by atomic mass is 16.7. The zero-order valence-electron chi connectivity index (χ0n) is 25.1. The molecule has 0 aliphatic carbocycles. The zero-order chi connectivity index (χ0) is 32.2. The monoisotopic (exact) mass is 613 g/mol. The van der Waals surface area contributed by atoms with Gasteiger partial charge in [-0.15, -0.1) is 0 Å². The van der Waals surface area contributed by atoms with Crippen molar-refractivity contribution in [3.63, 3.8) is 0 Å². The molecule has 4 aromatic rings. The molecule has 2 amide bonds. The van der Waals surface area contributed by atoms with Gasteiger partial charge in [-0.1, -0.05) is 54.6 Å². The number of amidine groups is 1. The van der Waals surface area contributed by atoms with E-state index in [2.05, 4.69) is 36.8 Å². The number of hydrogen-bond donors (Lipinski definition) is 3. The van der Waals surface area contributed by atoms with Gasteiger partial charge in [0.1, 0.15) is 11.7 Å². The fourth-order valence-corrected chi connectivity index (χ4v) is 4.61. The summed E-state index contributed by atoms with van der Waals surface area (Å²) in [5.74, 6) is -0.809. The van der Waals surface area contributed by atoms with Crippen LogP contribution in [0.1, 0.15) is 47.7 Å². The van der Waals surface area contributed by atoms with Crippen LogP contribution in [0.15, 0.2) is 72.8 Å². The van der Waals surface area contributed by atoms with Gasteiger partial charge in [0.2, 0.25) is 6.79 Å². The Bertz CT molecular complexity index is 1670. The van der Waals surface area contributed by atoms with E-state index in [0.29, 0.717) is 29.0 Å². The quantitative estimate of drug-likeness (QED) is 0.0649. The van der Waals surface area contributed by atoms with Gasteiger partial charge in [0.25, 0.3) is 5.91 Å². The van der Waals surface area contributed by atoms with Crippen LogP contribution in [0.5, 0.6) is 0 Å². The first-order valence-electron chi connectivity index (χ1n) is 14.4. The molecule has 0 spiro atoms. The summed E-state index contributed by atoms with van der Waals surface area (Å²) in [6, 6.07) is 22.6. The SMILES string of the molecule is COC(=O)CCNC(=O)c1ccc2c(c1)nc(-c1ccc(C(=N)NC(=O)OCOC(C)=O)cc1)n2CCCCc1ccccc1. The molecule has 0 atom stereocenters. The van der Waals surface area contributed by atoms with Crippen LogP contribution in [0, 0.1) is 5.41 Å². The largest absolute Gasteiger partial charge is 0.469 e. The molecule has 0 bridgehead atoms. The molecule has 3 aromatic carbocycles. The summed E-state index contributed by atoms with van der Waals surface area (Å²) >= 11 is 0. The second kappa shape index (κ2) is 15.8. The molecule has 0 fully saturated rings. The maximum atomic E-state index is 12.8. The number of alkyl carbamates (subject to hydrolysis) is 1. The predicted molar refractivity (Wildman–Crippen MR) is 167 cm³/mol. The fraction of sp³-hybridized carbons (Fsp3) is 0.273. The molecule has 234 valence electrons. The number of fused-ring (bicyclic) bond motifs is 1. The number of amides is 2. The van der Waals surface area contributed by atoms with Crippen LogP contribution in [-0.4, -0.2) is 59.8 Å². The Morgan fingerprint density at radius 2 is 1.64 bits per heavy atom. The molecule has 4 rings (SSSR count). The number of esters is 2. The summed E-state index contributed by atoms with van der Waals surface area (Å²) in [6.45, 7) is 1.49. The highest BCUT2D eigenvalue weighted by molar-refractivity contribution is 6.04. The smallest absolute Gasteiger partial charge is 0.415 e. The molecular formula is C33H35N5O7. The highest BCUT2D eigenvalue weighted by Gasteiger charge is 2.16. The summed E-state index contributed by atoms with van der Waals surface area (Å²) < 4.78 is 16.0. The lowest BCUT2D eigenvalue weighted by Crippen LogP contribution is -2.31. The van der Waals surface area contributed by atoms with Crippen LogP contribution >= 0.6 is 0 Å². The standard InChI is InChI=1S/C33H35N5O7/c1-22(39)44-21-45-33(42)37-30(34)24-11-13-25(14-12-24)31-36-27-20-26(32(41)35-18-17-29(40)43-2)15-16-28(27)38(31)19-7-6-10-23-8-4-3-5-9-23/h3-5,8-9,11-16,20H,6-7,10,17-19,21H2,1-2H3,(H,35,41)(H2,34,37,42). The second-order valence-corrected chi connectivity index (χ2v) is 10.1. The molecule has 0 unspecified atom stereocenters. The van der Waals surface area contributed by atoms with Gasteiger partial charge in [-0.3, -0.25) is 25.1 Å². The van der Waals surface area contributed by atoms with Gasteiger partial charge >= 0.3 is 18.0 Å². The van der Waals surface area contributed by atoms with Gasteiger partial charge in [-0.25, -0.2) is 9.78 Å². The minimum absolute atomic E-state index is 0.0741. The lowest BCUT2D eigenvalue weighted by atomic mass is 10.1. The van der Waals surface area contributed by atoms with Gasteiger partial charge < -0.3 is 24.1 Å². The van der Waals surface area contributed by atoms with E-state index in [9.17, 15) is 19.2 Å². The number of nitrogens with zero attached hydrogens (tertiary/aromatic N) is 2. The molecule has 1 heterocycles. The molecule has 0 aliphatic heterocycles. The lowest BCUT2D eigenvalue weighted by Gasteiger charge is -2.11. The number of methoxy groups -OCH3 is 1. The number of ether oxygens (including phenoxy) is 3. The molecule has 0 aliphatic rings. The van der Waals surface area contributed by atoms with Crippen molar-refractivity contribution in [3.8, 4) is 11.4 Å². The third kappa shape index (κ3) is 9.23. The molecule has 12 heteroatoms. The average Bonchev–Trinajstić information content (AvgIpc) is 3.40. The lowest BCUT2D eigenvalue weighted by molar-refractivity contribution is -0.149. The molecule has 0 radical (unpaired) electrons. The number of carbonyl (C=O) groups excluding carboxylic acids is 4. The van der Waals surface area contributed by atoms with Crippen LogP contribution in [-0.2, 0) is 36.8 Å². The summed E-state index contributed by atoms with van der Waals surface area (Å²) in [5, 5.41) is 13.2. The van der Waals surface area contributed by atoms with Crippen LogP contribution < -0.4 is 10.6 Å². The maximum absolute atomic E-state index is 12.8. The molecule has 45 heavy (non-hydrogen) atoms. The second-order valence-electron chi connectivity index (χ2n) is 10.1. The van der Waals surface area contributed by atoms with Crippen molar-refractivity contribution in [2.24, 2.45) is 0 Å². The topological polar surface area (TPSA) is 162 Å². The van der Waals surface area contributed by atoms with E-state index in [1.165, 1.54) is 19.6 Å². The Morgan fingerprint density at radius 1 is 0.911 bits per heavy atom. The number of aryl methyl sites for hydroxylation is 2. The number of benzene rings is 3. The van der Waals surface area contributed by atoms with Crippen LogP contribution in [0.2, 0.25) is 0 Å². The van der Waals surface area contributed by atoms with Crippen molar-refractivity contribution in [2.45, 2.75) is 39.2 Å². The predicted octanol–water partition coefficient (Wildman–Crippen LogP) is 4.59. The molecule has 0 saturated heterocycles. The maximum Gasteiger partial charge on any atom is 0.415 e.